The van der Waals surface area contributed by atoms with Gasteiger partial charge in [0.25, 0.3) is 0 Å². The lowest BCUT2D eigenvalue weighted by atomic mass is 10.1. The van der Waals surface area contributed by atoms with Gasteiger partial charge in [0, 0.05) is 0 Å². The van der Waals surface area contributed by atoms with Gasteiger partial charge in [-0.3, -0.25) is 0 Å². The van der Waals surface area contributed by atoms with E-state index in [0.29, 0.717) is 6.10 Å². The van der Waals surface area contributed by atoms with Crippen LogP contribution in [0.5, 0.6) is 0 Å². The van der Waals surface area contributed by atoms with Crippen molar-refractivity contribution in [3.05, 3.63) is 35.9 Å². The van der Waals surface area contributed by atoms with Crippen molar-refractivity contribution in [3.63, 3.8) is 0 Å². The van der Waals surface area contributed by atoms with E-state index in [0.717, 1.165) is 0 Å². The van der Waals surface area contributed by atoms with Gasteiger partial charge in [0.2, 0.25) is 0 Å². The second kappa shape index (κ2) is 3.87. The molecule has 76 valence electrons. The summed E-state index contributed by atoms with van der Waals surface area (Å²) >= 11 is 0. The minimum Gasteiger partial charge on any atom is -0.410 e. The second-order valence-corrected chi connectivity index (χ2v) is 8.92. The molecule has 0 saturated carbocycles. The average molecular weight is 206 g/mol. The lowest BCUT2D eigenvalue weighted by Crippen LogP contribution is -2.35. The maximum atomic E-state index is 6.20. The van der Waals surface area contributed by atoms with E-state index >= 15 is 0 Å². The van der Waals surface area contributed by atoms with Crippen LogP contribution in [-0.2, 0) is 4.43 Å². The maximum absolute atomic E-state index is 6.20. The summed E-state index contributed by atoms with van der Waals surface area (Å²) in [5, 5.41) is 0. The quantitative estimate of drug-likeness (QED) is 0.636. The smallest absolute Gasteiger partial charge is 0.187 e. The van der Waals surface area contributed by atoms with Gasteiger partial charge in [-0.15, -0.1) is 0 Å². The van der Waals surface area contributed by atoms with E-state index in [1.54, 1.807) is 0 Å². The highest BCUT2D eigenvalue weighted by Gasteiger charge is 2.31. The first-order valence-electron chi connectivity index (χ1n) is 5.40. The van der Waals surface area contributed by atoms with Crippen molar-refractivity contribution >= 4 is 8.32 Å². The number of benzene rings is 1. The minimum absolute atomic E-state index is 0.367. The number of hydrogen-bond acceptors (Lipinski definition) is 1. The van der Waals surface area contributed by atoms with E-state index in [9.17, 15) is 0 Å². The Kier molecular flexibility index (Phi) is 2.75. The molecule has 2 rings (SSSR count). The molecule has 1 unspecified atom stereocenters. The predicted octanol–water partition coefficient (Wildman–Crippen LogP) is 3.74. The zero-order valence-corrected chi connectivity index (χ0v) is 9.99. The largest absolute Gasteiger partial charge is 0.410 e. The second-order valence-electron chi connectivity index (χ2n) is 4.67. The molecule has 0 spiro atoms. The van der Waals surface area contributed by atoms with E-state index in [1.807, 2.05) is 0 Å². The van der Waals surface area contributed by atoms with Crippen molar-refractivity contribution in [1.29, 1.82) is 0 Å². The molecule has 14 heavy (non-hydrogen) atoms. The standard InChI is InChI=1S/C12H18OSi/c1-14(2)10-6-9-12(13-14)11-7-4-3-5-8-11/h3-5,7-8,12H,6,9-10H2,1-2H3. The van der Waals surface area contributed by atoms with Gasteiger partial charge in [-0.05, 0) is 31.1 Å². The van der Waals surface area contributed by atoms with Crippen molar-refractivity contribution in [2.45, 2.75) is 38.1 Å². The molecule has 1 atom stereocenters. The van der Waals surface area contributed by atoms with E-state index in [1.165, 1.54) is 24.4 Å². The van der Waals surface area contributed by atoms with E-state index in [2.05, 4.69) is 43.4 Å². The van der Waals surface area contributed by atoms with Crippen molar-refractivity contribution in [3.8, 4) is 0 Å². The van der Waals surface area contributed by atoms with E-state index < -0.39 is 8.32 Å². The van der Waals surface area contributed by atoms with Gasteiger partial charge < -0.3 is 4.43 Å². The molecule has 1 nitrogen and oxygen atoms in total. The zero-order valence-electron chi connectivity index (χ0n) is 8.99. The molecule has 1 aromatic carbocycles. The third-order valence-corrected chi connectivity index (χ3v) is 5.36. The molecular weight excluding hydrogens is 188 g/mol. The van der Waals surface area contributed by atoms with Crippen LogP contribution in [-0.4, -0.2) is 8.32 Å². The minimum atomic E-state index is -1.34. The molecule has 1 aromatic rings. The van der Waals surface area contributed by atoms with Gasteiger partial charge in [-0.1, -0.05) is 36.8 Å². The van der Waals surface area contributed by atoms with Gasteiger partial charge in [-0.25, -0.2) is 0 Å². The van der Waals surface area contributed by atoms with Gasteiger partial charge >= 0.3 is 0 Å². The molecule has 0 radical (unpaired) electrons. The Bertz CT molecular complexity index is 294. The van der Waals surface area contributed by atoms with Gasteiger partial charge in [0.1, 0.15) is 0 Å². The van der Waals surface area contributed by atoms with Crippen molar-refractivity contribution in [2.24, 2.45) is 0 Å². The number of rotatable bonds is 1. The summed E-state index contributed by atoms with van der Waals surface area (Å²) in [5.41, 5.74) is 1.35. The molecule has 1 aliphatic rings. The van der Waals surface area contributed by atoms with Crippen molar-refractivity contribution < 1.29 is 4.43 Å². The van der Waals surface area contributed by atoms with Crippen molar-refractivity contribution in [1.82, 2.24) is 0 Å². The Labute approximate surface area is 87.2 Å². The lowest BCUT2D eigenvalue weighted by Gasteiger charge is -2.34. The molecule has 2 heteroatoms. The molecule has 0 amide bonds. The zero-order chi connectivity index (χ0) is 10.0. The summed E-state index contributed by atoms with van der Waals surface area (Å²) in [6, 6.07) is 11.9. The molecule has 0 aliphatic carbocycles. The summed E-state index contributed by atoms with van der Waals surface area (Å²) in [5.74, 6) is 0. The van der Waals surface area contributed by atoms with Crippen LogP contribution in [0.3, 0.4) is 0 Å². The summed E-state index contributed by atoms with van der Waals surface area (Å²) in [6.45, 7) is 4.64. The molecule has 0 aromatic heterocycles. The highest BCUT2D eigenvalue weighted by Crippen LogP contribution is 2.34. The molecule has 0 bridgehead atoms. The fourth-order valence-electron chi connectivity index (χ4n) is 2.12. The highest BCUT2D eigenvalue weighted by atomic mass is 28.4. The molecule has 1 saturated heterocycles. The third-order valence-electron chi connectivity index (χ3n) is 2.88. The molecule has 1 aliphatic heterocycles. The predicted molar refractivity (Wildman–Crippen MR) is 61.8 cm³/mol. The average Bonchev–Trinajstić information content (AvgIpc) is 2.18. The first kappa shape index (κ1) is 9.93. The van der Waals surface area contributed by atoms with Crippen LogP contribution >= 0.6 is 0 Å². The van der Waals surface area contributed by atoms with Crippen LogP contribution in [0.2, 0.25) is 19.1 Å². The Hall–Kier alpha value is -0.603. The fraction of sp³-hybridized carbons (Fsp3) is 0.500. The Morgan fingerprint density at radius 2 is 1.93 bits per heavy atom. The molecule has 0 N–H and O–H groups in total. The number of hydrogen-bond donors (Lipinski definition) is 0. The normalized spacial score (nSPS) is 26.0. The first-order chi connectivity index (χ1) is 6.67. The summed E-state index contributed by atoms with van der Waals surface area (Å²) in [6.07, 6.45) is 2.89. The Morgan fingerprint density at radius 1 is 1.21 bits per heavy atom. The third kappa shape index (κ3) is 2.25. The molecule has 1 fully saturated rings. The van der Waals surface area contributed by atoms with E-state index in [-0.39, 0.29) is 0 Å². The van der Waals surface area contributed by atoms with Crippen LogP contribution < -0.4 is 0 Å². The van der Waals surface area contributed by atoms with Crippen LogP contribution in [0.25, 0.3) is 0 Å². The molecular formula is C12H18OSi. The molecule has 1 heterocycles. The Balaban J connectivity index is 2.12. The lowest BCUT2D eigenvalue weighted by molar-refractivity contribution is 0.163. The van der Waals surface area contributed by atoms with Crippen molar-refractivity contribution in [2.75, 3.05) is 0 Å². The Morgan fingerprint density at radius 3 is 2.57 bits per heavy atom. The fourth-order valence-corrected chi connectivity index (χ4v) is 4.32. The first-order valence-corrected chi connectivity index (χ1v) is 8.52. The summed E-state index contributed by atoms with van der Waals surface area (Å²) < 4.78 is 6.20. The maximum Gasteiger partial charge on any atom is 0.187 e. The van der Waals surface area contributed by atoms with Gasteiger partial charge in [-0.2, -0.15) is 0 Å². The van der Waals surface area contributed by atoms with Gasteiger partial charge in [0.15, 0.2) is 8.32 Å². The highest BCUT2D eigenvalue weighted by molar-refractivity contribution is 6.71. The monoisotopic (exact) mass is 206 g/mol. The topological polar surface area (TPSA) is 9.23 Å². The van der Waals surface area contributed by atoms with Crippen LogP contribution in [0.4, 0.5) is 0 Å². The van der Waals surface area contributed by atoms with Gasteiger partial charge in [0.05, 0.1) is 6.10 Å². The SMILES string of the molecule is C[Si]1(C)CCCC(c2ccccc2)O1. The van der Waals surface area contributed by atoms with Crippen LogP contribution in [0.1, 0.15) is 24.5 Å². The summed E-state index contributed by atoms with van der Waals surface area (Å²) in [7, 11) is -1.34. The van der Waals surface area contributed by atoms with Crippen LogP contribution in [0, 0.1) is 0 Å². The summed E-state index contributed by atoms with van der Waals surface area (Å²) in [4.78, 5) is 0. The van der Waals surface area contributed by atoms with Crippen LogP contribution in [0.15, 0.2) is 30.3 Å². The van der Waals surface area contributed by atoms with E-state index in [4.69, 9.17) is 4.43 Å².